The van der Waals surface area contributed by atoms with Crippen LogP contribution in [0.2, 0.25) is 5.02 Å². The van der Waals surface area contributed by atoms with Gasteiger partial charge in [-0.15, -0.1) is 0 Å². The molecule has 8 nitrogen and oxygen atoms in total. The number of phenols is 2. The predicted molar refractivity (Wildman–Crippen MR) is 104 cm³/mol. The number of hydrogen-bond acceptors (Lipinski definition) is 7. The van der Waals surface area contributed by atoms with Gasteiger partial charge in [0, 0.05) is 16.7 Å². The van der Waals surface area contributed by atoms with Gasteiger partial charge in [0.1, 0.15) is 17.6 Å². The van der Waals surface area contributed by atoms with Crippen molar-refractivity contribution in [1.82, 2.24) is 0 Å². The second-order valence-corrected chi connectivity index (χ2v) is 8.35. The first kappa shape index (κ1) is 17.7. The summed E-state index contributed by atoms with van der Waals surface area (Å²) < 4.78 is 6.04. The summed E-state index contributed by atoms with van der Waals surface area (Å²) in [5.41, 5.74) is 1.45. The van der Waals surface area contributed by atoms with Gasteiger partial charge in [-0.2, -0.15) is 0 Å². The average Bonchev–Trinajstić information content (AvgIpc) is 3.42. The van der Waals surface area contributed by atoms with Crippen molar-refractivity contribution in [2.24, 2.45) is 22.9 Å². The van der Waals surface area contributed by atoms with E-state index < -0.39 is 30.1 Å². The lowest BCUT2D eigenvalue weighted by Gasteiger charge is -2.26. The number of benzene rings is 2. The van der Waals surface area contributed by atoms with Crippen LogP contribution in [0, 0.1) is 17.8 Å². The topological polar surface area (TPSA) is 109 Å². The zero-order valence-electron chi connectivity index (χ0n) is 15.3. The predicted octanol–water partition coefficient (Wildman–Crippen LogP) is 2.06. The van der Waals surface area contributed by atoms with E-state index in [-0.39, 0.29) is 29.2 Å². The highest BCUT2D eigenvalue weighted by Gasteiger charge is 2.72. The van der Waals surface area contributed by atoms with E-state index in [2.05, 4.69) is 5.16 Å². The Balaban J connectivity index is 1.36. The number of oxime groups is 1. The van der Waals surface area contributed by atoms with Crippen molar-refractivity contribution in [2.75, 3.05) is 4.90 Å². The summed E-state index contributed by atoms with van der Waals surface area (Å²) in [6, 6.07) is 10.7. The van der Waals surface area contributed by atoms with Crippen LogP contribution in [0.3, 0.4) is 0 Å². The number of hydrogen-bond donors (Lipinski definition) is 2. The maximum absolute atomic E-state index is 13.2. The molecule has 3 saturated heterocycles. The van der Waals surface area contributed by atoms with Gasteiger partial charge in [0.05, 0.1) is 35.3 Å². The van der Waals surface area contributed by atoms with Gasteiger partial charge in [0.25, 0.3) is 0 Å². The minimum atomic E-state index is -0.641. The Morgan fingerprint density at radius 3 is 2.17 bits per heavy atom. The lowest BCUT2D eigenvalue weighted by Crippen LogP contribution is -2.45. The molecule has 2 aromatic rings. The first-order valence-electron chi connectivity index (χ1n) is 9.50. The van der Waals surface area contributed by atoms with E-state index in [0.717, 1.165) is 0 Å². The van der Waals surface area contributed by atoms with E-state index in [1.54, 1.807) is 24.3 Å². The molecule has 2 aromatic carbocycles. The molecular weight excluding hydrogens is 412 g/mol. The van der Waals surface area contributed by atoms with Crippen molar-refractivity contribution in [1.29, 1.82) is 0 Å². The number of carbonyl (C=O) groups excluding carboxylic acids is 2. The van der Waals surface area contributed by atoms with Crippen molar-refractivity contribution in [3.63, 3.8) is 0 Å². The van der Waals surface area contributed by atoms with E-state index in [1.807, 2.05) is 0 Å². The number of ether oxygens (including phenoxy) is 1. The molecule has 3 fully saturated rings. The summed E-state index contributed by atoms with van der Waals surface area (Å²) in [5.74, 6) is -2.50. The van der Waals surface area contributed by atoms with Crippen molar-refractivity contribution >= 4 is 34.8 Å². The first-order chi connectivity index (χ1) is 14.4. The van der Waals surface area contributed by atoms with Gasteiger partial charge in [0.15, 0.2) is 6.10 Å². The summed E-state index contributed by atoms with van der Waals surface area (Å²) in [5, 5.41) is 24.3. The molecule has 0 saturated carbocycles. The number of fused-ring (bicyclic) bond motifs is 8. The van der Waals surface area contributed by atoms with Crippen LogP contribution in [0.5, 0.6) is 11.5 Å². The summed E-state index contributed by atoms with van der Waals surface area (Å²) in [6.07, 6.45) is -1.67. The van der Waals surface area contributed by atoms with Gasteiger partial charge in [-0.05, 0) is 36.4 Å². The fourth-order valence-corrected chi connectivity index (χ4v) is 5.31. The zero-order chi connectivity index (χ0) is 20.7. The molecule has 6 rings (SSSR count). The molecule has 0 spiro atoms. The monoisotopic (exact) mass is 426 g/mol. The number of halogens is 1. The normalized spacial score (nSPS) is 33.5. The Morgan fingerprint density at radius 1 is 0.867 bits per heavy atom. The second-order valence-electron chi connectivity index (χ2n) is 7.92. The highest BCUT2D eigenvalue weighted by atomic mass is 35.5. The summed E-state index contributed by atoms with van der Waals surface area (Å²) in [6.45, 7) is 0. The summed E-state index contributed by atoms with van der Waals surface area (Å²) in [7, 11) is 0. The molecule has 4 heterocycles. The molecule has 152 valence electrons. The van der Waals surface area contributed by atoms with E-state index >= 15 is 0 Å². The van der Waals surface area contributed by atoms with Crippen LogP contribution >= 0.6 is 11.6 Å². The number of imide groups is 1. The number of carbonyl (C=O) groups is 2. The smallest absolute Gasteiger partial charge is 0.240 e. The number of rotatable bonds is 2. The Hall–Kier alpha value is -3.10. The first-order valence-corrected chi connectivity index (χ1v) is 9.88. The van der Waals surface area contributed by atoms with Crippen LogP contribution in [0.25, 0.3) is 0 Å². The Morgan fingerprint density at radius 2 is 1.50 bits per heavy atom. The molecule has 6 atom stereocenters. The maximum Gasteiger partial charge on any atom is 0.240 e. The minimum absolute atomic E-state index is 0.112. The SMILES string of the molecule is O=C1[C@@H]2[C@@H]3O[C@@H]([C@H]4C(c5cc(O)cc(O)c5)=NO[C@@H]34)[C@@H]2C(=O)N1c1ccc(Cl)cc1. The molecule has 2 bridgehead atoms. The molecule has 0 radical (unpaired) electrons. The maximum atomic E-state index is 13.2. The van der Waals surface area contributed by atoms with E-state index in [9.17, 15) is 19.8 Å². The van der Waals surface area contributed by atoms with E-state index in [1.165, 1.54) is 23.1 Å². The molecule has 4 aliphatic heterocycles. The fourth-order valence-electron chi connectivity index (χ4n) is 5.18. The van der Waals surface area contributed by atoms with Crippen molar-refractivity contribution in [3.05, 3.63) is 53.1 Å². The lowest BCUT2D eigenvalue weighted by atomic mass is 9.71. The lowest BCUT2D eigenvalue weighted by molar-refractivity contribution is -0.125. The molecular formula is C21H15ClN2O6. The van der Waals surface area contributed by atoms with Gasteiger partial charge < -0.3 is 19.8 Å². The number of nitrogens with zero attached hydrogens (tertiary/aromatic N) is 2. The van der Waals surface area contributed by atoms with Gasteiger partial charge >= 0.3 is 0 Å². The van der Waals surface area contributed by atoms with Crippen LogP contribution in [0.15, 0.2) is 47.6 Å². The fraction of sp³-hybridized carbons (Fsp3) is 0.286. The third-order valence-corrected chi connectivity index (χ3v) is 6.58. The zero-order valence-corrected chi connectivity index (χ0v) is 16.1. The Kier molecular flexibility index (Phi) is 3.52. The van der Waals surface area contributed by atoms with Crippen LogP contribution in [0.1, 0.15) is 5.56 Å². The molecule has 0 aromatic heterocycles. The molecule has 30 heavy (non-hydrogen) atoms. The number of anilines is 1. The summed E-state index contributed by atoms with van der Waals surface area (Å²) in [4.78, 5) is 33.2. The average molecular weight is 427 g/mol. The minimum Gasteiger partial charge on any atom is -0.508 e. The second kappa shape index (κ2) is 5.96. The molecule has 0 aliphatic carbocycles. The Bertz CT molecular complexity index is 1110. The largest absolute Gasteiger partial charge is 0.508 e. The highest BCUT2D eigenvalue weighted by Crippen LogP contribution is 2.55. The van der Waals surface area contributed by atoms with Crippen LogP contribution in [-0.2, 0) is 19.2 Å². The Labute approximate surface area is 175 Å². The number of phenolic OH excluding ortho intramolecular Hbond substituents is 2. The van der Waals surface area contributed by atoms with E-state index in [4.69, 9.17) is 21.2 Å². The van der Waals surface area contributed by atoms with Crippen molar-refractivity contribution < 1.29 is 29.4 Å². The highest BCUT2D eigenvalue weighted by molar-refractivity contribution is 6.31. The molecule has 2 N–H and O–H groups in total. The molecule has 2 amide bonds. The van der Waals surface area contributed by atoms with Gasteiger partial charge in [0.2, 0.25) is 11.8 Å². The molecule has 4 aliphatic rings. The third-order valence-electron chi connectivity index (χ3n) is 6.32. The standard InChI is InChI=1S/C21H15ClN2O6/c22-9-1-3-10(4-2-9)24-20(27)13-14(21(24)28)18-19-15(17(13)29-18)16(23-30-19)8-5-11(25)7-12(26)6-8/h1-7,13-15,17-19,25-26H/t13-,14+,15-,17-,18+,19-/m1/s1. The quantitative estimate of drug-likeness (QED) is 0.711. The van der Waals surface area contributed by atoms with Crippen LogP contribution < -0.4 is 4.90 Å². The van der Waals surface area contributed by atoms with Crippen molar-refractivity contribution in [2.45, 2.75) is 18.3 Å². The number of amides is 2. The third kappa shape index (κ3) is 2.23. The summed E-state index contributed by atoms with van der Waals surface area (Å²) >= 11 is 5.93. The number of aromatic hydroxyl groups is 2. The van der Waals surface area contributed by atoms with Gasteiger partial charge in [-0.25, -0.2) is 4.90 Å². The van der Waals surface area contributed by atoms with Gasteiger partial charge in [-0.3, -0.25) is 9.59 Å². The van der Waals surface area contributed by atoms with Gasteiger partial charge in [-0.1, -0.05) is 16.8 Å². The van der Waals surface area contributed by atoms with Crippen molar-refractivity contribution in [3.8, 4) is 11.5 Å². The molecule has 0 unspecified atom stereocenters. The molecule has 9 heteroatoms. The van der Waals surface area contributed by atoms with Crippen LogP contribution in [-0.4, -0.2) is 46.1 Å². The van der Waals surface area contributed by atoms with Crippen LogP contribution in [0.4, 0.5) is 5.69 Å². The van der Waals surface area contributed by atoms with E-state index in [0.29, 0.717) is 22.0 Å².